The number of nitrogens with two attached hydrogens (primary N) is 1. The van der Waals surface area contributed by atoms with Gasteiger partial charge in [0, 0.05) is 43.0 Å². The molecule has 1 saturated heterocycles. The number of nitrogens with zero attached hydrogens (tertiary/aromatic N) is 2. The number of likely N-dealkylation sites (tertiary alicyclic amines) is 1. The Morgan fingerprint density at radius 2 is 2.12 bits per heavy atom. The number of rotatable bonds is 5. The molecule has 146 valence electrons. The molecule has 1 heterocycles. The number of benzene rings is 1. The molecule has 0 aromatic heterocycles. The van der Waals surface area contributed by atoms with E-state index in [-0.39, 0.29) is 35.3 Å². The first kappa shape index (κ1) is 23.2. The summed E-state index contributed by atoms with van der Waals surface area (Å²) in [4.78, 5) is 17.9. The Morgan fingerprint density at radius 3 is 2.73 bits per heavy atom. The molecule has 1 aromatic rings. The Morgan fingerprint density at radius 1 is 1.42 bits per heavy atom. The van der Waals surface area contributed by atoms with E-state index < -0.39 is 0 Å². The van der Waals surface area contributed by atoms with Crippen molar-refractivity contribution in [1.82, 2.24) is 10.2 Å². The number of primary amides is 1. The SMILES string of the molecule is CN=C(NCC(C)(C)c1ccccc1Br)N1CCCC(CC(N)=O)C1.I. The summed E-state index contributed by atoms with van der Waals surface area (Å²) < 4.78 is 1.12. The number of piperidine rings is 1. The zero-order chi connectivity index (χ0) is 18.4. The van der Waals surface area contributed by atoms with Crippen molar-refractivity contribution >= 4 is 51.8 Å². The molecule has 0 spiro atoms. The number of carbonyl (C=O) groups is 1. The molecule has 1 fully saturated rings. The predicted octanol–water partition coefficient (Wildman–Crippen LogP) is 3.51. The van der Waals surface area contributed by atoms with Gasteiger partial charge in [0.15, 0.2) is 5.96 Å². The fraction of sp³-hybridized carbons (Fsp3) is 0.579. The van der Waals surface area contributed by atoms with E-state index >= 15 is 0 Å². The smallest absolute Gasteiger partial charge is 0.217 e. The zero-order valence-corrected chi connectivity index (χ0v) is 19.7. The van der Waals surface area contributed by atoms with Gasteiger partial charge in [0.2, 0.25) is 5.91 Å². The zero-order valence-electron chi connectivity index (χ0n) is 15.8. The standard InChI is InChI=1S/C19H29BrN4O.HI/c1-19(2,15-8-4-5-9-16(15)20)13-23-18(22-3)24-10-6-7-14(12-24)11-17(21)25;/h4-5,8-9,14H,6-7,10-13H2,1-3H3,(H2,21,25)(H,22,23);1H. The normalized spacial score (nSPS) is 18.2. The van der Waals surface area contributed by atoms with Crippen molar-refractivity contribution in [2.75, 3.05) is 26.7 Å². The molecule has 1 aliphatic heterocycles. The van der Waals surface area contributed by atoms with Crippen molar-refractivity contribution in [3.63, 3.8) is 0 Å². The molecule has 0 radical (unpaired) electrons. The van der Waals surface area contributed by atoms with E-state index in [1.165, 1.54) is 5.56 Å². The fourth-order valence-corrected chi connectivity index (χ4v) is 4.27. The minimum atomic E-state index is -0.218. The maximum Gasteiger partial charge on any atom is 0.217 e. The van der Waals surface area contributed by atoms with Gasteiger partial charge in [-0.3, -0.25) is 9.79 Å². The van der Waals surface area contributed by atoms with Gasteiger partial charge in [-0.25, -0.2) is 0 Å². The van der Waals surface area contributed by atoms with Gasteiger partial charge >= 0.3 is 0 Å². The fourth-order valence-electron chi connectivity index (χ4n) is 3.45. The van der Waals surface area contributed by atoms with Gasteiger partial charge in [0.05, 0.1) is 0 Å². The van der Waals surface area contributed by atoms with E-state index in [0.29, 0.717) is 12.3 Å². The highest BCUT2D eigenvalue weighted by molar-refractivity contribution is 14.0. The number of guanidine groups is 1. The highest BCUT2D eigenvalue weighted by Crippen LogP contribution is 2.29. The molecule has 1 atom stereocenters. The summed E-state index contributed by atoms with van der Waals surface area (Å²) in [5, 5.41) is 3.52. The molecular weight excluding hydrogens is 507 g/mol. The number of hydrogen-bond donors (Lipinski definition) is 2. The van der Waals surface area contributed by atoms with Crippen LogP contribution in [-0.2, 0) is 10.2 Å². The molecule has 1 amide bonds. The molecule has 3 N–H and O–H groups in total. The van der Waals surface area contributed by atoms with Gasteiger partial charge in [0.1, 0.15) is 0 Å². The van der Waals surface area contributed by atoms with Gasteiger partial charge in [-0.1, -0.05) is 48.0 Å². The molecule has 2 rings (SSSR count). The lowest BCUT2D eigenvalue weighted by molar-refractivity contribution is -0.119. The number of amides is 1. The number of aliphatic imine (C=N–C) groups is 1. The largest absolute Gasteiger partial charge is 0.370 e. The van der Waals surface area contributed by atoms with Crippen molar-refractivity contribution in [1.29, 1.82) is 0 Å². The molecule has 0 aliphatic carbocycles. The summed E-state index contributed by atoms with van der Waals surface area (Å²) in [7, 11) is 1.81. The van der Waals surface area contributed by atoms with Crippen LogP contribution in [0, 0.1) is 5.92 Å². The average molecular weight is 537 g/mol. The summed E-state index contributed by atoms with van der Waals surface area (Å²) in [6.07, 6.45) is 2.57. The molecule has 0 bridgehead atoms. The maximum absolute atomic E-state index is 11.2. The van der Waals surface area contributed by atoms with Gasteiger partial charge in [-0.2, -0.15) is 0 Å². The summed E-state index contributed by atoms with van der Waals surface area (Å²) in [5.74, 6) is 1.00. The first-order valence-electron chi connectivity index (χ1n) is 8.82. The molecule has 0 saturated carbocycles. The lowest BCUT2D eigenvalue weighted by Gasteiger charge is -2.36. The van der Waals surface area contributed by atoms with Crippen LogP contribution in [0.5, 0.6) is 0 Å². The first-order valence-corrected chi connectivity index (χ1v) is 9.61. The highest BCUT2D eigenvalue weighted by atomic mass is 127. The van der Waals surface area contributed by atoms with Gasteiger partial charge in [-0.15, -0.1) is 24.0 Å². The topological polar surface area (TPSA) is 70.7 Å². The summed E-state index contributed by atoms with van der Waals surface area (Å²) >= 11 is 3.65. The monoisotopic (exact) mass is 536 g/mol. The van der Waals surface area contributed by atoms with E-state index in [4.69, 9.17) is 5.73 Å². The van der Waals surface area contributed by atoms with Crippen LogP contribution in [0.15, 0.2) is 33.7 Å². The lowest BCUT2D eigenvalue weighted by Crippen LogP contribution is -2.49. The lowest BCUT2D eigenvalue weighted by atomic mass is 9.84. The van der Waals surface area contributed by atoms with Gasteiger partial charge in [0.25, 0.3) is 0 Å². The van der Waals surface area contributed by atoms with E-state index in [2.05, 4.69) is 63.2 Å². The second-order valence-corrected chi connectivity index (χ2v) is 8.24. The number of hydrogen-bond acceptors (Lipinski definition) is 2. The number of carbonyl (C=O) groups excluding carboxylic acids is 1. The third kappa shape index (κ3) is 6.40. The summed E-state index contributed by atoms with van der Waals surface area (Å²) in [6.45, 7) is 7.01. The Kier molecular flexibility index (Phi) is 9.36. The van der Waals surface area contributed by atoms with Gasteiger partial charge < -0.3 is 16.0 Å². The van der Waals surface area contributed by atoms with Crippen LogP contribution < -0.4 is 11.1 Å². The molecule has 1 aromatic carbocycles. The Hall–Kier alpha value is -0.830. The third-order valence-corrected chi connectivity index (χ3v) is 5.50. The quantitative estimate of drug-likeness (QED) is 0.344. The van der Waals surface area contributed by atoms with Crippen LogP contribution in [0.1, 0.15) is 38.7 Å². The van der Waals surface area contributed by atoms with Crippen LogP contribution in [0.3, 0.4) is 0 Å². The van der Waals surface area contributed by atoms with Crippen LogP contribution in [0.4, 0.5) is 0 Å². The van der Waals surface area contributed by atoms with Crippen molar-refractivity contribution in [3.8, 4) is 0 Å². The highest BCUT2D eigenvalue weighted by Gasteiger charge is 2.26. The maximum atomic E-state index is 11.2. The van der Waals surface area contributed by atoms with Crippen molar-refractivity contribution < 1.29 is 4.79 Å². The van der Waals surface area contributed by atoms with Gasteiger partial charge in [-0.05, 0) is 30.4 Å². The number of nitrogens with one attached hydrogen (secondary N) is 1. The Balaban J connectivity index is 0.00000338. The molecule has 1 aliphatic rings. The minimum Gasteiger partial charge on any atom is -0.370 e. The van der Waals surface area contributed by atoms with E-state index in [1.54, 1.807) is 0 Å². The van der Waals surface area contributed by atoms with Crippen LogP contribution in [0.25, 0.3) is 0 Å². The van der Waals surface area contributed by atoms with Crippen molar-refractivity contribution in [2.45, 2.75) is 38.5 Å². The Labute approximate surface area is 182 Å². The molecule has 26 heavy (non-hydrogen) atoms. The second kappa shape index (κ2) is 10.5. The molecule has 1 unspecified atom stereocenters. The summed E-state index contributed by atoms with van der Waals surface area (Å²) in [5.41, 5.74) is 6.59. The molecule has 5 nitrogen and oxygen atoms in total. The van der Waals surface area contributed by atoms with E-state index in [9.17, 15) is 4.79 Å². The van der Waals surface area contributed by atoms with Crippen LogP contribution >= 0.6 is 39.9 Å². The third-order valence-electron chi connectivity index (χ3n) is 4.81. The molecular formula is C19H30BrIN4O. The van der Waals surface area contributed by atoms with Crippen LogP contribution in [-0.4, -0.2) is 43.4 Å². The van der Waals surface area contributed by atoms with Crippen molar-refractivity contribution in [2.24, 2.45) is 16.6 Å². The average Bonchev–Trinajstić information content (AvgIpc) is 2.55. The number of halogens is 2. The molecule has 7 heteroatoms. The predicted molar refractivity (Wildman–Crippen MR) is 122 cm³/mol. The van der Waals surface area contributed by atoms with Crippen molar-refractivity contribution in [3.05, 3.63) is 34.3 Å². The first-order chi connectivity index (χ1) is 11.8. The van der Waals surface area contributed by atoms with E-state index in [1.807, 2.05) is 13.1 Å². The minimum absolute atomic E-state index is 0. The van der Waals surface area contributed by atoms with E-state index in [0.717, 1.165) is 42.9 Å². The summed E-state index contributed by atoms with van der Waals surface area (Å²) in [6, 6.07) is 8.32. The Bertz CT molecular complexity index is 636. The second-order valence-electron chi connectivity index (χ2n) is 7.39. The van der Waals surface area contributed by atoms with Crippen LogP contribution in [0.2, 0.25) is 0 Å².